The standard InChI is InChI=1S/C15H18N2O3/c16-14(19)13(11-7-4-8-12(18)9-11)17-15(20)10-5-2-1-3-6-10/h1-3,5-6,11,13H,4,7-9H2,(H2,16,19)(H,17,20)/t11-,13+/m1/s1. The van der Waals surface area contributed by atoms with E-state index in [1.165, 1.54) is 0 Å². The number of primary amides is 1. The molecule has 3 N–H and O–H groups in total. The van der Waals surface area contributed by atoms with E-state index >= 15 is 0 Å². The van der Waals surface area contributed by atoms with Crippen molar-refractivity contribution in [3.63, 3.8) is 0 Å². The maximum absolute atomic E-state index is 12.1. The zero-order valence-corrected chi connectivity index (χ0v) is 11.2. The van der Waals surface area contributed by atoms with Gasteiger partial charge in [-0.15, -0.1) is 0 Å². The first kappa shape index (κ1) is 14.2. The van der Waals surface area contributed by atoms with E-state index < -0.39 is 11.9 Å². The minimum atomic E-state index is -0.785. The lowest BCUT2D eigenvalue weighted by Crippen LogP contribution is -2.50. The number of carbonyl (C=O) groups is 3. The van der Waals surface area contributed by atoms with Crippen molar-refractivity contribution in [2.45, 2.75) is 31.7 Å². The van der Waals surface area contributed by atoms with E-state index in [1.54, 1.807) is 24.3 Å². The first-order valence-electron chi connectivity index (χ1n) is 6.75. The molecule has 1 aliphatic rings. The van der Waals surface area contributed by atoms with Crippen molar-refractivity contribution < 1.29 is 14.4 Å². The topological polar surface area (TPSA) is 89.3 Å². The molecule has 0 saturated heterocycles. The normalized spacial score (nSPS) is 20.2. The van der Waals surface area contributed by atoms with Crippen LogP contribution in [0.3, 0.4) is 0 Å². The van der Waals surface area contributed by atoms with Crippen molar-refractivity contribution in [1.82, 2.24) is 5.32 Å². The van der Waals surface area contributed by atoms with Gasteiger partial charge in [0.2, 0.25) is 5.91 Å². The van der Waals surface area contributed by atoms with Crippen LogP contribution in [0.4, 0.5) is 0 Å². The summed E-state index contributed by atoms with van der Waals surface area (Å²) in [6.45, 7) is 0. The van der Waals surface area contributed by atoms with Gasteiger partial charge in [0.05, 0.1) is 0 Å². The van der Waals surface area contributed by atoms with Crippen LogP contribution in [0, 0.1) is 5.92 Å². The van der Waals surface area contributed by atoms with Gasteiger partial charge in [0.15, 0.2) is 0 Å². The minimum Gasteiger partial charge on any atom is -0.368 e. The Morgan fingerprint density at radius 1 is 1.25 bits per heavy atom. The van der Waals surface area contributed by atoms with Crippen molar-refractivity contribution in [1.29, 1.82) is 0 Å². The molecular weight excluding hydrogens is 256 g/mol. The van der Waals surface area contributed by atoms with Gasteiger partial charge < -0.3 is 11.1 Å². The molecule has 0 unspecified atom stereocenters. The lowest BCUT2D eigenvalue weighted by atomic mass is 9.82. The van der Waals surface area contributed by atoms with Gasteiger partial charge in [-0.05, 0) is 30.9 Å². The summed E-state index contributed by atoms with van der Waals surface area (Å²) in [6.07, 6.45) is 2.33. The minimum absolute atomic E-state index is 0.126. The number of hydrogen-bond acceptors (Lipinski definition) is 3. The van der Waals surface area contributed by atoms with Crippen LogP contribution >= 0.6 is 0 Å². The molecule has 0 aromatic heterocycles. The number of Topliss-reactive ketones (excluding diaryl/α,β-unsaturated/α-hetero) is 1. The largest absolute Gasteiger partial charge is 0.368 e. The number of carbonyl (C=O) groups excluding carboxylic acids is 3. The Morgan fingerprint density at radius 3 is 2.55 bits per heavy atom. The molecule has 5 nitrogen and oxygen atoms in total. The lowest BCUT2D eigenvalue weighted by Gasteiger charge is -2.28. The molecule has 1 aliphatic carbocycles. The average molecular weight is 274 g/mol. The lowest BCUT2D eigenvalue weighted by molar-refractivity contribution is -0.124. The van der Waals surface area contributed by atoms with Crippen LogP contribution in [0.2, 0.25) is 0 Å². The molecule has 0 bridgehead atoms. The predicted octanol–water partition coefficient (Wildman–Crippen LogP) is 1.03. The van der Waals surface area contributed by atoms with E-state index in [0.717, 1.165) is 12.8 Å². The van der Waals surface area contributed by atoms with Gasteiger partial charge in [-0.1, -0.05) is 18.2 Å². The second kappa shape index (κ2) is 6.32. The molecule has 0 spiro atoms. The van der Waals surface area contributed by atoms with Gasteiger partial charge >= 0.3 is 0 Å². The first-order valence-corrected chi connectivity index (χ1v) is 6.75. The van der Waals surface area contributed by atoms with Crippen molar-refractivity contribution in [3.8, 4) is 0 Å². The summed E-state index contributed by atoms with van der Waals surface area (Å²) < 4.78 is 0. The summed E-state index contributed by atoms with van der Waals surface area (Å²) in [5.74, 6) is -0.996. The van der Waals surface area contributed by atoms with Crippen LogP contribution in [-0.4, -0.2) is 23.6 Å². The molecule has 1 saturated carbocycles. The monoisotopic (exact) mass is 274 g/mol. The van der Waals surface area contributed by atoms with E-state index in [0.29, 0.717) is 18.4 Å². The number of ketones is 1. The smallest absolute Gasteiger partial charge is 0.251 e. The third-order valence-electron chi connectivity index (χ3n) is 3.62. The molecule has 0 radical (unpaired) electrons. The molecule has 1 aromatic carbocycles. The van der Waals surface area contributed by atoms with Crippen LogP contribution in [0.15, 0.2) is 30.3 Å². The Kier molecular flexibility index (Phi) is 4.50. The van der Waals surface area contributed by atoms with E-state index in [1.807, 2.05) is 6.07 Å². The Morgan fingerprint density at radius 2 is 1.95 bits per heavy atom. The zero-order chi connectivity index (χ0) is 14.5. The number of nitrogens with two attached hydrogens (primary N) is 1. The molecule has 2 amide bonds. The summed E-state index contributed by atoms with van der Waals surface area (Å²) in [7, 11) is 0. The Labute approximate surface area is 117 Å². The SMILES string of the molecule is NC(=O)[C@@H](NC(=O)c1ccccc1)[C@@H]1CCCC(=O)C1. The number of rotatable bonds is 4. The van der Waals surface area contributed by atoms with Crippen molar-refractivity contribution >= 4 is 17.6 Å². The molecule has 0 heterocycles. The van der Waals surface area contributed by atoms with E-state index in [2.05, 4.69) is 5.32 Å². The van der Waals surface area contributed by atoms with Gasteiger partial charge in [0.25, 0.3) is 5.91 Å². The average Bonchev–Trinajstić information content (AvgIpc) is 2.45. The maximum Gasteiger partial charge on any atom is 0.251 e. The summed E-state index contributed by atoms with van der Waals surface area (Å²) in [4.78, 5) is 35.1. The maximum atomic E-state index is 12.1. The van der Waals surface area contributed by atoms with E-state index in [4.69, 9.17) is 5.73 Å². The highest BCUT2D eigenvalue weighted by Crippen LogP contribution is 2.24. The molecule has 1 fully saturated rings. The highest BCUT2D eigenvalue weighted by Gasteiger charge is 2.32. The summed E-state index contributed by atoms with van der Waals surface area (Å²) in [5.41, 5.74) is 5.85. The van der Waals surface area contributed by atoms with Crippen LogP contribution in [0.1, 0.15) is 36.0 Å². The molecule has 5 heteroatoms. The van der Waals surface area contributed by atoms with Crippen LogP contribution in [0.25, 0.3) is 0 Å². The molecule has 2 rings (SSSR count). The molecule has 106 valence electrons. The number of benzene rings is 1. The van der Waals surface area contributed by atoms with E-state index in [-0.39, 0.29) is 17.6 Å². The van der Waals surface area contributed by atoms with Gasteiger partial charge in [-0.25, -0.2) is 0 Å². The summed E-state index contributed by atoms with van der Waals surface area (Å²) in [6, 6.07) is 7.85. The van der Waals surface area contributed by atoms with Gasteiger partial charge in [0.1, 0.15) is 11.8 Å². The van der Waals surface area contributed by atoms with Crippen LogP contribution < -0.4 is 11.1 Å². The van der Waals surface area contributed by atoms with Gasteiger partial charge in [-0.2, -0.15) is 0 Å². The van der Waals surface area contributed by atoms with Crippen molar-refractivity contribution in [2.75, 3.05) is 0 Å². The highest BCUT2D eigenvalue weighted by atomic mass is 16.2. The Balaban J connectivity index is 2.08. The predicted molar refractivity (Wildman–Crippen MR) is 73.9 cm³/mol. The zero-order valence-electron chi connectivity index (χ0n) is 11.2. The second-order valence-corrected chi connectivity index (χ2v) is 5.11. The molecule has 1 aromatic rings. The number of amides is 2. The number of nitrogens with one attached hydrogen (secondary N) is 1. The molecule has 20 heavy (non-hydrogen) atoms. The third kappa shape index (κ3) is 3.44. The fourth-order valence-electron chi connectivity index (χ4n) is 2.58. The van der Waals surface area contributed by atoms with E-state index in [9.17, 15) is 14.4 Å². The van der Waals surface area contributed by atoms with Crippen LogP contribution in [0.5, 0.6) is 0 Å². The quantitative estimate of drug-likeness (QED) is 0.859. The first-order chi connectivity index (χ1) is 9.58. The van der Waals surface area contributed by atoms with Crippen LogP contribution in [-0.2, 0) is 9.59 Å². The van der Waals surface area contributed by atoms with Crippen molar-refractivity contribution in [2.24, 2.45) is 11.7 Å². The fraction of sp³-hybridized carbons (Fsp3) is 0.400. The molecule has 0 aliphatic heterocycles. The highest BCUT2D eigenvalue weighted by molar-refractivity contribution is 5.97. The summed E-state index contributed by atoms with van der Waals surface area (Å²) in [5, 5.41) is 2.66. The third-order valence-corrected chi connectivity index (χ3v) is 3.62. The Hall–Kier alpha value is -2.17. The number of hydrogen-bond donors (Lipinski definition) is 2. The fourth-order valence-corrected chi connectivity index (χ4v) is 2.58. The van der Waals surface area contributed by atoms with Gasteiger partial charge in [-0.3, -0.25) is 14.4 Å². The van der Waals surface area contributed by atoms with Crippen molar-refractivity contribution in [3.05, 3.63) is 35.9 Å². The second-order valence-electron chi connectivity index (χ2n) is 5.11. The van der Waals surface area contributed by atoms with Gasteiger partial charge in [0, 0.05) is 18.4 Å². The Bertz CT molecular complexity index is 513. The molecular formula is C15H18N2O3. The molecule has 2 atom stereocenters. The summed E-state index contributed by atoms with van der Waals surface area (Å²) >= 11 is 0.